The number of hydrogen-bond acceptors (Lipinski definition) is 30. The molecule has 15 N–H and O–H groups in total. The van der Waals surface area contributed by atoms with E-state index in [-0.39, 0.29) is 270 Å². The van der Waals surface area contributed by atoms with Crippen molar-refractivity contribution >= 4 is 159 Å². The van der Waals surface area contributed by atoms with Gasteiger partial charge in [0.05, 0.1) is 85.1 Å². The Balaban J connectivity index is 0.000000158. The van der Waals surface area contributed by atoms with Gasteiger partial charge in [-0.15, -0.1) is 47.0 Å². The first-order valence-corrected chi connectivity index (χ1v) is 53.1. The monoisotopic (exact) mass is 2040 g/mol. The molecule has 0 aromatic rings. The number of guanidine groups is 1. The number of carbonyl (C=O) groups excluding carboxylic acids is 14. The molecule has 16 rings (SSSR count). The Kier molecular flexibility index (Phi) is 35.6. The van der Waals surface area contributed by atoms with Crippen molar-refractivity contribution < 1.29 is 107 Å². The van der Waals surface area contributed by atoms with Gasteiger partial charge in [0.15, 0.2) is 5.96 Å². The van der Waals surface area contributed by atoms with Crippen molar-refractivity contribution in [3.8, 4) is 0 Å². The number of amides is 9. The minimum atomic E-state index is -1.12. The Morgan fingerprint density at radius 2 is 0.674 bits per heavy atom. The number of likely N-dealkylation sites (tertiary alicyclic amines) is 2. The zero-order chi connectivity index (χ0) is 103. The molecule has 776 valence electrons. The van der Waals surface area contributed by atoms with Gasteiger partial charge < -0.3 is 132 Å². The van der Waals surface area contributed by atoms with Crippen molar-refractivity contribution in [1.29, 1.82) is 5.41 Å². The molecule has 0 aliphatic carbocycles. The lowest BCUT2D eigenvalue weighted by Crippen LogP contribution is -2.62. The summed E-state index contributed by atoms with van der Waals surface area (Å²) in [6, 6.07) is -1.92. The van der Waals surface area contributed by atoms with E-state index in [0.717, 1.165) is 30.8 Å². The van der Waals surface area contributed by atoms with E-state index in [4.69, 9.17) is 16.9 Å². The number of likely N-dealkylation sites (N-methyl/N-ethyl adjacent to an activating group) is 2. The van der Waals surface area contributed by atoms with E-state index in [9.17, 15) is 107 Å². The standard InChI is InChI=1S/C25H37N5O6S.C25H36N4O6S.C23H34N6O5S.C23H34N4O5S/c1-13(9-14(2)31)19-20-15(3)22(21(25(35)36)30(20)24(19)34)37-16-10-17(27-11-16)23(33)29-7-5-28(6-8-29)18(32)12-26-4;1-12(6-13(2)30)19-20-14(3)22(21(25(34)35)29(20)24(19)33)36-17-8-18(27-10-17)23(32)28-5-4-15(11-28)7-16(31)9-26;1-11(8-12(2)30)16-17-13(3)19(18(22(33)34)29(17)21(16)32)35-14-9-15(26-10-14)20(31)27-4-6-28(7-5-27)23(24)25;1-11(7-12(2)28)17-18-13(3)20(19(23(31)32)27(18)22(17)30)33-15-8-16(25-9-15)21(29)26-6-5-14(10-26)24-4/h13,15-17,19-20,26-27H,5-12H2,1-4H3,(H,35,36);12,14-15,17-20,27H,4-11,26H2,1-3H3,(H,34,35);11,13-17,26H,4-10H2,1-3H3,(H3,24,25)(H,33,34);11,13-18,24-25H,5-10H2,1-4H3,(H,31,32)/t13-,15+,16-,17-,19+,20+;12-,14+,15+,17-,18-,19+,20+;11-,13+,14-,15-,16+,17+;11-,13+,14-,15-,16-,17+,18+/m0000/s1. The predicted molar refractivity (Wildman–Crippen MR) is 525 cm³/mol. The van der Waals surface area contributed by atoms with Crippen LogP contribution in [0.15, 0.2) is 42.4 Å². The second-order valence-corrected chi connectivity index (χ2v) is 46.7. The molecule has 16 aliphatic heterocycles. The number of carboxylic acids is 4. The van der Waals surface area contributed by atoms with Gasteiger partial charge >= 0.3 is 23.9 Å². The van der Waals surface area contributed by atoms with E-state index in [1.807, 2.05) is 72.2 Å². The normalized spacial score (nSPS) is 32.1. The molecule has 9 amide bonds. The van der Waals surface area contributed by atoms with Crippen LogP contribution in [0.3, 0.4) is 0 Å². The minimum Gasteiger partial charge on any atom is -0.477 e. The van der Waals surface area contributed by atoms with Crippen LogP contribution >= 0.6 is 47.0 Å². The number of nitrogens with one attached hydrogen (secondary N) is 7. The van der Waals surface area contributed by atoms with Gasteiger partial charge in [0, 0.05) is 207 Å². The van der Waals surface area contributed by atoms with E-state index >= 15 is 0 Å². The van der Waals surface area contributed by atoms with Crippen LogP contribution in [0.25, 0.3) is 0 Å². The molecule has 12 saturated heterocycles. The van der Waals surface area contributed by atoms with Crippen molar-refractivity contribution in [2.45, 2.75) is 229 Å². The number of nitrogens with two attached hydrogens (primary N) is 2. The fraction of sp³-hybridized carbons (Fsp3) is 0.719. The van der Waals surface area contributed by atoms with E-state index in [1.165, 1.54) is 94.3 Å². The molecule has 0 aromatic heterocycles. The van der Waals surface area contributed by atoms with Crippen LogP contribution in [0, 0.1) is 82.3 Å². The molecule has 141 heavy (non-hydrogen) atoms. The van der Waals surface area contributed by atoms with Crippen LogP contribution in [-0.2, 0) is 86.3 Å². The molecule has 0 aromatic carbocycles. The summed E-state index contributed by atoms with van der Waals surface area (Å²) < 4.78 is 0. The maximum atomic E-state index is 13.1. The maximum Gasteiger partial charge on any atom is 0.353 e. The molecular weight excluding hydrogens is 1900 g/mol. The number of rotatable bonds is 34. The van der Waals surface area contributed by atoms with Gasteiger partial charge in [-0.2, -0.15) is 0 Å². The number of β-lactam (4-membered cyclic amide) rings is 4. The Bertz CT molecular complexity index is 5100. The first-order valence-electron chi connectivity index (χ1n) is 49.6. The number of ketones is 5. The van der Waals surface area contributed by atoms with Gasteiger partial charge in [0.25, 0.3) is 0 Å². The highest BCUT2D eigenvalue weighted by Crippen LogP contribution is 2.58. The molecule has 12 fully saturated rings. The third kappa shape index (κ3) is 22.9. The average Bonchev–Trinajstić information content (AvgIpc) is 1.57. The lowest BCUT2D eigenvalue weighted by atomic mass is 9.73. The molecule has 0 bridgehead atoms. The SMILES string of the molecule is CC(=O)C[C@H](C)[C@H]1C(=O)N2C(C(=O)O)=C(S[C@@H]3CN[C@H](C(=O)N4CCN(C(=N)N)CC4)C3)[C@H](C)[C@H]12.CC(=O)C[C@H](C)[C@H]1C(=O)N2C(C(=O)O)=C(S[C@@H]3CN[C@H](C(=O)N4CC[C@H](CC(=O)CN)C4)C3)[C@H](C)[C@H]12.CNCC(=O)N1CCN(C(=O)[C@@H]2C[C@H](SC3=C(C(=O)O)N4C(=O)[C@H]([C@@H](C)CC(C)=O)[C@H]4[C@H]3C)CN2)CC1.CN[C@H]1CCN(C(=O)[C@@H]2C[C@H](SC3=C(C(=O)O)N4C(=O)[C@H]([C@@H](C)CC(C)=O)[C@H]4[C@H]3C)CN2)C1. The summed E-state index contributed by atoms with van der Waals surface area (Å²) >= 11 is 5.88. The number of Topliss-reactive ketones (excluding diaryl/α,β-unsaturated/α-hetero) is 5. The van der Waals surface area contributed by atoms with Crippen LogP contribution in [-0.4, -0.2) is 389 Å². The van der Waals surface area contributed by atoms with Crippen molar-refractivity contribution in [2.24, 2.45) is 88.4 Å². The van der Waals surface area contributed by atoms with Crippen LogP contribution < -0.4 is 43.4 Å². The summed E-state index contributed by atoms with van der Waals surface area (Å²) in [6.45, 7) is 30.8. The van der Waals surface area contributed by atoms with E-state index < -0.39 is 23.9 Å². The highest BCUT2D eigenvalue weighted by atomic mass is 32.2. The summed E-state index contributed by atoms with van der Waals surface area (Å²) in [4.78, 5) is 242. The quantitative estimate of drug-likeness (QED) is 0.0241. The lowest BCUT2D eigenvalue weighted by Gasteiger charge is -2.47. The first kappa shape index (κ1) is 109. The lowest BCUT2D eigenvalue weighted by molar-refractivity contribution is -0.160. The number of carbonyl (C=O) groups is 18. The number of fused-ring (bicyclic) bond motifs is 4. The number of nitrogens with zero attached hydrogens (tertiary/aromatic N) is 10. The Labute approximate surface area is 838 Å². The predicted octanol–water partition coefficient (Wildman–Crippen LogP) is 0.867. The molecular formula is C96H141N19O22S4. The molecule has 0 unspecified atom stereocenters. The Hall–Kier alpha value is -9.19. The van der Waals surface area contributed by atoms with Crippen LogP contribution in [0.2, 0.25) is 0 Å². The molecule has 0 spiro atoms. The number of aliphatic carboxylic acids is 4. The topological polar surface area (TPSA) is 569 Å². The average molecular weight is 2040 g/mol. The number of piperazine rings is 2. The Morgan fingerprint density at radius 1 is 0.404 bits per heavy atom. The van der Waals surface area contributed by atoms with Crippen molar-refractivity contribution in [2.75, 3.05) is 132 Å². The van der Waals surface area contributed by atoms with Gasteiger partial charge in [-0.1, -0.05) is 55.4 Å². The van der Waals surface area contributed by atoms with Crippen molar-refractivity contribution in [1.82, 2.24) is 80.9 Å². The van der Waals surface area contributed by atoms with Crippen LogP contribution in [0.4, 0.5) is 0 Å². The third-order valence-corrected chi connectivity index (χ3v) is 37.3. The second kappa shape index (κ2) is 46.0. The molecule has 41 nitrogen and oxygen atoms in total. The van der Waals surface area contributed by atoms with Gasteiger partial charge in [0.2, 0.25) is 53.2 Å². The van der Waals surface area contributed by atoms with Crippen LogP contribution in [0.5, 0.6) is 0 Å². The molecule has 45 heteroatoms. The largest absolute Gasteiger partial charge is 0.477 e. The van der Waals surface area contributed by atoms with E-state index in [0.29, 0.717) is 170 Å². The fourth-order valence-corrected chi connectivity index (χ4v) is 30.2. The second-order valence-electron chi connectivity index (χ2n) is 41.3. The van der Waals surface area contributed by atoms with Crippen molar-refractivity contribution in [3.63, 3.8) is 0 Å². The highest BCUT2D eigenvalue weighted by molar-refractivity contribution is 8.04. The number of carboxylic acid groups (broad SMARTS) is 4. The van der Waals surface area contributed by atoms with Crippen LogP contribution in [0.1, 0.15) is 154 Å². The zero-order valence-electron chi connectivity index (χ0n) is 82.9. The van der Waals surface area contributed by atoms with Gasteiger partial charge in [0.1, 0.15) is 51.7 Å². The highest BCUT2D eigenvalue weighted by Gasteiger charge is 2.65. The van der Waals surface area contributed by atoms with Gasteiger partial charge in [-0.05, 0) is 110 Å². The smallest absolute Gasteiger partial charge is 0.353 e. The zero-order valence-corrected chi connectivity index (χ0v) is 86.2. The number of thioether (sulfide) groups is 4. The Morgan fingerprint density at radius 3 is 0.929 bits per heavy atom. The fourth-order valence-electron chi connectivity index (χ4n) is 24.3. The number of hydrogen-bond donors (Lipinski definition) is 13. The molecule has 16 aliphatic rings. The summed E-state index contributed by atoms with van der Waals surface area (Å²) in [5.41, 5.74) is 11.2. The van der Waals surface area contributed by atoms with E-state index in [2.05, 4.69) is 31.9 Å². The third-order valence-electron chi connectivity index (χ3n) is 31.2. The summed E-state index contributed by atoms with van der Waals surface area (Å²) in [5.74, 6) is -7.33. The molecule has 0 radical (unpaired) electrons. The first-order chi connectivity index (χ1) is 66.7. The summed E-state index contributed by atoms with van der Waals surface area (Å²) in [6.07, 6.45) is 5.71. The summed E-state index contributed by atoms with van der Waals surface area (Å²) in [5, 5.41) is 66.7. The summed E-state index contributed by atoms with van der Waals surface area (Å²) in [7, 11) is 3.64. The maximum absolute atomic E-state index is 13.1. The van der Waals surface area contributed by atoms with Crippen molar-refractivity contribution in [3.05, 3.63) is 42.4 Å². The molecule has 0 saturated carbocycles. The van der Waals surface area contributed by atoms with E-state index in [1.54, 1.807) is 26.6 Å². The van der Waals surface area contributed by atoms with Gasteiger partial charge in [-0.3, -0.25) is 53.4 Å². The molecule has 16 heterocycles. The molecule has 26 atom stereocenters. The van der Waals surface area contributed by atoms with Gasteiger partial charge in [-0.25, -0.2) is 19.2 Å². The minimum absolute atomic E-state index is 0.00106.